The Morgan fingerprint density at radius 2 is 1.82 bits per heavy atom. The number of pyridine rings is 1. The Morgan fingerprint density at radius 3 is 2.52 bits per heavy atom. The van der Waals surface area contributed by atoms with Gasteiger partial charge in [0, 0.05) is 74.0 Å². The number of methoxy groups -OCH3 is 1. The van der Waals surface area contributed by atoms with E-state index in [1.165, 1.54) is 33.9 Å². The quantitative estimate of drug-likeness (QED) is 0.142. The van der Waals surface area contributed by atoms with E-state index >= 15 is 0 Å². The first-order valence-electron chi connectivity index (χ1n) is 24.9. The highest BCUT2D eigenvalue weighted by atomic mass is 19.4. The molecule has 6 bridgehead atoms. The number of urea groups is 1. The van der Waals surface area contributed by atoms with Crippen molar-refractivity contribution < 1.29 is 55.8 Å². The zero-order chi connectivity index (χ0) is 52.6. The number of hydrogen-bond acceptors (Lipinski definition) is 12. The van der Waals surface area contributed by atoms with Gasteiger partial charge in [0.15, 0.2) is 11.7 Å². The molecular weight excluding hydrogens is 952 g/mol. The molecule has 8 rings (SSSR count). The highest BCUT2D eigenvalue weighted by Gasteiger charge is 2.44. The lowest BCUT2D eigenvalue weighted by Gasteiger charge is -2.47. The van der Waals surface area contributed by atoms with Crippen LogP contribution in [0.2, 0.25) is 0 Å². The van der Waals surface area contributed by atoms with Crippen molar-refractivity contribution in [2.24, 2.45) is 11.3 Å². The monoisotopic (exact) mass is 1020 g/mol. The van der Waals surface area contributed by atoms with Crippen LogP contribution in [-0.4, -0.2) is 154 Å². The van der Waals surface area contributed by atoms with Crippen molar-refractivity contribution >= 4 is 40.6 Å². The number of aromatic nitrogens is 3. The number of carbonyl (C=O) groups excluding carboxylic acids is 5. The van der Waals surface area contributed by atoms with Crippen molar-refractivity contribution in [2.45, 2.75) is 116 Å². The molecule has 3 aromatic heterocycles. The third-order valence-electron chi connectivity index (χ3n) is 14.5. The fourth-order valence-electron chi connectivity index (χ4n) is 10.7. The molecule has 73 heavy (non-hydrogen) atoms. The number of hydrogen-bond donors (Lipinski definition) is 2. The average molecular weight is 1020 g/mol. The number of oxazole rings is 1. The lowest BCUT2D eigenvalue weighted by Crippen LogP contribution is -2.63. The van der Waals surface area contributed by atoms with Crippen molar-refractivity contribution in [2.75, 3.05) is 60.1 Å². The molecule has 21 heteroatoms. The van der Waals surface area contributed by atoms with Gasteiger partial charge in [0.05, 0.1) is 55.5 Å². The maximum absolute atomic E-state index is 14.7. The van der Waals surface area contributed by atoms with Gasteiger partial charge in [0.25, 0.3) is 5.91 Å². The number of morpholine rings is 1. The zero-order valence-corrected chi connectivity index (χ0v) is 42.6. The minimum Gasteiger partial charge on any atom is -0.464 e. The molecule has 1 aromatic carbocycles. The van der Waals surface area contributed by atoms with Crippen LogP contribution in [0.3, 0.4) is 0 Å². The lowest BCUT2D eigenvalue weighted by molar-refractivity contribution is -0.156. The summed E-state index contributed by atoms with van der Waals surface area (Å²) >= 11 is 0. The highest BCUT2D eigenvalue weighted by Crippen LogP contribution is 2.43. The van der Waals surface area contributed by atoms with E-state index in [4.69, 9.17) is 18.6 Å². The van der Waals surface area contributed by atoms with E-state index in [1.54, 1.807) is 74.1 Å². The van der Waals surface area contributed by atoms with Crippen molar-refractivity contribution in [1.29, 1.82) is 0 Å². The van der Waals surface area contributed by atoms with Crippen molar-refractivity contribution in [3.8, 4) is 22.6 Å². The number of hydrazine groups is 1. The van der Waals surface area contributed by atoms with Gasteiger partial charge in [-0.2, -0.15) is 13.2 Å². The van der Waals surface area contributed by atoms with E-state index < -0.39 is 71.7 Å². The van der Waals surface area contributed by atoms with Crippen LogP contribution in [-0.2, 0) is 52.8 Å². The molecule has 7 heterocycles. The fourth-order valence-corrected chi connectivity index (χ4v) is 10.7. The van der Waals surface area contributed by atoms with Crippen LogP contribution in [0, 0.1) is 11.3 Å². The Hall–Kier alpha value is -6.32. The summed E-state index contributed by atoms with van der Waals surface area (Å²) in [6.07, 6.45) is 0.770. The van der Waals surface area contributed by atoms with Crippen molar-refractivity contribution in [3.63, 3.8) is 0 Å². The number of rotatable bonds is 9. The van der Waals surface area contributed by atoms with Gasteiger partial charge < -0.3 is 43.2 Å². The zero-order valence-electron chi connectivity index (χ0n) is 42.6. The number of alkyl halides is 3. The van der Waals surface area contributed by atoms with Crippen molar-refractivity contribution in [3.05, 3.63) is 72.5 Å². The first-order chi connectivity index (χ1) is 34.6. The number of nitrogens with zero attached hydrogens (tertiary/aromatic N) is 7. The summed E-state index contributed by atoms with van der Waals surface area (Å²) in [5.41, 5.74) is 4.13. The third kappa shape index (κ3) is 11.4. The molecule has 0 aliphatic carbocycles. The van der Waals surface area contributed by atoms with Crippen LogP contribution < -0.4 is 10.7 Å². The van der Waals surface area contributed by atoms with E-state index in [1.807, 2.05) is 13.8 Å². The molecule has 0 radical (unpaired) electrons. The summed E-state index contributed by atoms with van der Waals surface area (Å²) in [7, 11) is 3.05. The summed E-state index contributed by atoms with van der Waals surface area (Å²) in [5.74, 6) is -2.07. The first kappa shape index (κ1) is 53.0. The second kappa shape index (κ2) is 21.3. The number of ether oxygens (including phenoxy) is 3. The van der Waals surface area contributed by atoms with Crippen LogP contribution in [0.15, 0.2) is 59.8 Å². The molecule has 4 aromatic rings. The Kier molecular flexibility index (Phi) is 15.4. The topological polar surface area (TPSA) is 194 Å². The van der Waals surface area contributed by atoms with Crippen LogP contribution in [0.25, 0.3) is 33.5 Å². The Labute approximate surface area is 422 Å². The molecule has 0 unspecified atom stereocenters. The third-order valence-corrected chi connectivity index (χ3v) is 14.5. The number of amides is 5. The van der Waals surface area contributed by atoms with Gasteiger partial charge in [-0.05, 0) is 86.9 Å². The number of carbonyl (C=O) groups is 5. The van der Waals surface area contributed by atoms with E-state index in [9.17, 15) is 37.1 Å². The Balaban J connectivity index is 1.13. The van der Waals surface area contributed by atoms with E-state index in [2.05, 4.69) is 27.3 Å². The Bertz CT molecular complexity index is 2730. The normalized spacial score (nSPS) is 21.4. The summed E-state index contributed by atoms with van der Waals surface area (Å²) in [6, 6.07) is 4.72. The molecule has 3 saturated heterocycles. The van der Waals surface area contributed by atoms with Crippen LogP contribution in [0.4, 0.5) is 18.0 Å². The minimum absolute atomic E-state index is 0.0686. The number of cyclic esters (lactones) is 1. The molecule has 5 amide bonds. The van der Waals surface area contributed by atoms with E-state index in [0.717, 1.165) is 0 Å². The maximum atomic E-state index is 14.7. The minimum atomic E-state index is -4.62. The molecule has 4 aliphatic heterocycles. The molecule has 4 atom stereocenters. The van der Waals surface area contributed by atoms with E-state index in [-0.39, 0.29) is 49.6 Å². The van der Waals surface area contributed by atoms with Crippen LogP contribution >= 0.6 is 0 Å². The maximum Gasteiger partial charge on any atom is 0.406 e. The molecule has 4 aliphatic rings. The standard InChI is InChI=1S/C52H66F3N9O9/c1-9-42(65)62-22-23-72-51(28-62)16-20-61(21-17-51)49(69)60(7)44(31(2)3)46(66)58-38-25-41-57-27-40(73-41)33-14-15-39-35(24-33)36(26-50(5,6)30-71-48(68)37-13-11-19-64(59-37)47(38)67)45(63(39)29-52(53,54)55)34-12-10-18-56-43(34)32(4)70-8/h9-10,12,14-15,18,24,27,31-32,37-38,44,59H,1,11,13,16-17,19-23,25-26,28-30H2,2-8H3,(H,58,66)/t32-,37-,38-,44-/m0/s1. The number of likely N-dealkylation sites (tertiary alicyclic amines) is 1. The second-order valence-electron chi connectivity index (χ2n) is 20.8. The summed E-state index contributed by atoms with van der Waals surface area (Å²) in [6.45, 7) is 13.4. The molecular formula is C52H66F3N9O9. The lowest BCUT2D eigenvalue weighted by atomic mass is 9.84. The Morgan fingerprint density at radius 1 is 1.07 bits per heavy atom. The molecule has 394 valence electrons. The SMILES string of the molecule is C=CC(=O)N1CCOC2(CCN(C(=O)N(C)[C@H](C(=O)N[C@H]3Cc4ncc(o4)-c4ccc5c(c4)c(c(-c4cccnc4[C@H](C)OC)n5CC(F)(F)F)CC(C)(C)COC(=O)[C@@H]4CCCN(N4)C3=O)C(C)C)CC2)C1. The second-order valence-corrected chi connectivity index (χ2v) is 20.8. The predicted molar refractivity (Wildman–Crippen MR) is 262 cm³/mol. The molecule has 0 saturated carbocycles. The highest BCUT2D eigenvalue weighted by molar-refractivity contribution is 5.95. The first-order valence-corrected chi connectivity index (χ1v) is 24.9. The number of fused-ring (bicyclic) bond motifs is 6. The average Bonchev–Trinajstić information content (AvgIpc) is 3.95. The number of benzene rings is 1. The molecule has 2 N–H and O–H groups in total. The smallest absolute Gasteiger partial charge is 0.406 e. The summed E-state index contributed by atoms with van der Waals surface area (Å²) in [4.78, 5) is 83.6. The molecule has 3 fully saturated rings. The largest absolute Gasteiger partial charge is 0.464 e. The summed E-state index contributed by atoms with van der Waals surface area (Å²) < 4.78 is 69.5. The van der Waals surface area contributed by atoms with Crippen molar-refractivity contribution in [1.82, 2.24) is 45.0 Å². The summed E-state index contributed by atoms with van der Waals surface area (Å²) in [5, 5.41) is 4.70. The van der Waals surface area contributed by atoms with Gasteiger partial charge in [-0.15, -0.1) is 0 Å². The van der Waals surface area contributed by atoms with Gasteiger partial charge in [-0.25, -0.2) is 15.2 Å². The number of nitrogens with one attached hydrogen (secondary N) is 2. The number of esters is 1. The molecule has 1 spiro atoms. The number of piperidine rings is 1. The van der Waals surface area contributed by atoms with Gasteiger partial charge in [-0.3, -0.25) is 29.2 Å². The van der Waals surface area contributed by atoms with Gasteiger partial charge in [-0.1, -0.05) is 34.3 Å². The van der Waals surface area contributed by atoms with Gasteiger partial charge >= 0.3 is 18.2 Å². The molecule has 18 nitrogen and oxygen atoms in total. The van der Waals surface area contributed by atoms with Gasteiger partial charge in [0.1, 0.15) is 24.7 Å². The van der Waals surface area contributed by atoms with E-state index in [0.29, 0.717) is 97.5 Å². The number of halogens is 3. The number of likely N-dealkylation sites (N-methyl/N-ethyl adjacent to an activating group) is 1. The van der Waals surface area contributed by atoms with Crippen LogP contribution in [0.1, 0.15) is 83.6 Å². The van der Waals surface area contributed by atoms with Crippen LogP contribution in [0.5, 0.6) is 0 Å². The van der Waals surface area contributed by atoms with Gasteiger partial charge in [0.2, 0.25) is 11.8 Å². The predicted octanol–water partition coefficient (Wildman–Crippen LogP) is 6.23. The fraction of sp³-hybridized carbons (Fsp3) is 0.558.